The lowest BCUT2D eigenvalue weighted by molar-refractivity contribution is -0.116. The van der Waals surface area contributed by atoms with Gasteiger partial charge in [0.05, 0.1) is 4.88 Å². The van der Waals surface area contributed by atoms with E-state index in [1.54, 1.807) is 13.0 Å². The number of ketones is 1. The van der Waals surface area contributed by atoms with Gasteiger partial charge in [-0.1, -0.05) is 18.7 Å². The Hall–Kier alpha value is -1.00. The molecular formula is C11H13NOS2. The van der Waals surface area contributed by atoms with Crippen molar-refractivity contribution in [3.8, 4) is 0 Å². The molecule has 1 N–H and O–H groups in total. The highest BCUT2D eigenvalue weighted by molar-refractivity contribution is 7.73. The van der Waals surface area contributed by atoms with Gasteiger partial charge in [0.15, 0.2) is 3.95 Å². The molecule has 0 unspecified atom stereocenters. The summed E-state index contributed by atoms with van der Waals surface area (Å²) in [5.41, 5.74) is 1.99. The number of carbonyl (C=O) groups is 1. The van der Waals surface area contributed by atoms with Crippen LogP contribution in [0.1, 0.15) is 23.9 Å². The maximum atomic E-state index is 11.1. The van der Waals surface area contributed by atoms with E-state index in [1.165, 1.54) is 11.3 Å². The zero-order chi connectivity index (χ0) is 11.4. The van der Waals surface area contributed by atoms with Crippen LogP contribution in [-0.2, 0) is 4.79 Å². The molecular weight excluding hydrogens is 226 g/mol. The Morgan fingerprint density at radius 3 is 2.73 bits per heavy atom. The molecule has 1 aromatic rings. The first-order valence-corrected chi connectivity index (χ1v) is 5.78. The summed E-state index contributed by atoms with van der Waals surface area (Å²) in [5.74, 6) is 0.141. The van der Waals surface area contributed by atoms with Crippen molar-refractivity contribution in [3.05, 3.63) is 33.3 Å². The third-order valence-corrected chi connectivity index (χ3v) is 3.29. The van der Waals surface area contributed by atoms with Crippen LogP contribution in [0.3, 0.4) is 0 Å². The molecule has 0 radical (unpaired) electrons. The van der Waals surface area contributed by atoms with Crippen molar-refractivity contribution >= 4 is 34.9 Å². The number of aryl methyl sites for hydroxylation is 1. The molecule has 0 bridgehead atoms. The average Bonchev–Trinajstić information content (AvgIpc) is 2.44. The largest absolute Gasteiger partial charge is 0.341 e. The van der Waals surface area contributed by atoms with Gasteiger partial charge in [-0.25, -0.2) is 0 Å². The van der Waals surface area contributed by atoms with E-state index in [-0.39, 0.29) is 5.78 Å². The first-order valence-electron chi connectivity index (χ1n) is 4.55. The number of aromatic amines is 1. The number of hydrogen-bond acceptors (Lipinski definition) is 3. The molecule has 1 heterocycles. The van der Waals surface area contributed by atoms with E-state index in [0.717, 1.165) is 20.1 Å². The minimum absolute atomic E-state index is 0.141. The van der Waals surface area contributed by atoms with Crippen molar-refractivity contribution in [2.45, 2.75) is 20.3 Å². The van der Waals surface area contributed by atoms with Gasteiger partial charge in [0.2, 0.25) is 0 Å². The van der Waals surface area contributed by atoms with Crippen molar-refractivity contribution in [1.29, 1.82) is 0 Å². The predicted molar refractivity (Wildman–Crippen MR) is 67.7 cm³/mol. The molecule has 4 heteroatoms. The van der Waals surface area contributed by atoms with E-state index in [0.29, 0.717) is 6.42 Å². The van der Waals surface area contributed by atoms with E-state index in [2.05, 4.69) is 11.6 Å². The van der Waals surface area contributed by atoms with E-state index in [9.17, 15) is 4.79 Å². The van der Waals surface area contributed by atoms with Crippen LogP contribution in [0.25, 0.3) is 5.57 Å². The molecule has 15 heavy (non-hydrogen) atoms. The number of rotatable bonds is 4. The zero-order valence-electron chi connectivity index (χ0n) is 8.79. The lowest BCUT2D eigenvalue weighted by Crippen LogP contribution is -1.93. The number of carbonyl (C=O) groups excluding carboxylic acids is 1. The topological polar surface area (TPSA) is 32.9 Å². The summed E-state index contributed by atoms with van der Waals surface area (Å²) in [6, 6.07) is 0. The highest BCUT2D eigenvalue weighted by Gasteiger charge is 2.09. The SMILES string of the molecule is C=C/C=C(/CC(C)=O)c1sc(=S)[nH]c1C. The summed E-state index contributed by atoms with van der Waals surface area (Å²) in [6.07, 6.45) is 3.99. The van der Waals surface area contributed by atoms with Gasteiger partial charge >= 0.3 is 0 Å². The van der Waals surface area contributed by atoms with Crippen molar-refractivity contribution in [2.75, 3.05) is 0 Å². The summed E-state index contributed by atoms with van der Waals surface area (Å²) in [7, 11) is 0. The maximum absolute atomic E-state index is 11.1. The standard InChI is InChI=1S/C11H13NOS2/c1-4-5-9(6-7(2)13)10-8(3)12-11(14)15-10/h4-5H,1,6H2,2-3H3,(H,12,14)/b9-5-. The number of H-pyrrole nitrogens is 1. The molecule has 80 valence electrons. The zero-order valence-corrected chi connectivity index (χ0v) is 10.4. The van der Waals surface area contributed by atoms with Gasteiger partial charge in [0, 0.05) is 12.1 Å². The highest BCUT2D eigenvalue weighted by atomic mass is 32.1. The van der Waals surface area contributed by atoms with Gasteiger partial charge in [-0.15, -0.1) is 11.3 Å². The Labute approximate surface area is 98.4 Å². The van der Waals surface area contributed by atoms with Crippen LogP contribution in [0.2, 0.25) is 0 Å². The molecule has 0 fully saturated rings. The van der Waals surface area contributed by atoms with Gasteiger partial charge < -0.3 is 4.98 Å². The molecule has 0 aliphatic heterocycles. The van der Waals surface area contributed by atoms with Crippen molar-refractivity contribution < 1.29 is 4.79 Å². The van der Waals surface area contributed by atoms with E-state index < -0.39 is 0 Å². The molecule has 0 spiro atoms. The second kappa shape index (κ2) is 5.19. The molecule has 1 rings (SSSR count). The molecule has 1 aromatic heterocycles. The monoisotopic (exact) mass is 239 g/mol. The lowest BCUT2D eigenvalue weighted by atomic mass is 10.1. The van der Waals surface area contributed by atoms with Crippen LogP contribution < -0.4 is 0 Å². The Balaban J connectivity index is 3.15. The molecule has 0 amide bonds. The molecule has 0 saturated heterocycles. The minimum Gasteiger partial charge on any atom is -0.341 e. The Bertz CT molecular complexity index is 465. The van der Waals surface area contributed by atoms with E-state index >= 15 is 0 Å². The fraction of sp³-hybridized carbons (Fsp3) is 0.273. The van der Waals surface area contributed by atoms with Crippen LogP contribution in [0, 0.1) is 10.9 Å². The normalized spacial score (nSPS) is 11.5. The lowest BCUT2D eigenvalue weighted by Gasteiger charge is -2.02. The fourth-order valence-corrected chi connectivity index (χ4v) is 2.60. The third kappa shape index (κ3) is 3.25. The van der Waals surface area contributed by atoms with E-state index in [1.807, 2.05) is 13.0 Å². The Kier molecular flexibility index (Phi) is 4.17. The molecule has 0 aliphatic carbocycles. The van der Waals surface area contributed by atoms with Crippen molar-refractivity contribution in [3.63, 3.8) is 0 Å². The van der Waals surface area contributed by atoms with Crippen LogP contribution in [0.4, 0.5) is 0 Å². The van der Waals surface area contributed by atoms with Crippen molar-refractivity contribution in [2.24, 2.45) is 0 Å². The second-order valence-electron chi connectivity index (χ2n) is 3.28. The summed E-state index contributed by atoms with van der Waals surface area (Å²) in [5, 5.41) is 0. The van der Waals surface area contributed by atoms with Crippen molar-refractivity contribution in [1.82, 2.24) is 4.98 Å². The van der Waals surface area contributed by atoms with Gasteiger partial charge in [-0.2, -0.15) is 0 Å². The number of thiazole rings is 1. The quantitative estimate of drug-likeness (QED) is 0.642. The average molecular weight is 239 g/mol. The van der Waals surface area contributed by atoms with Crippen LogP contribution in [0.5, 0.6) is 0 Å². The molecule has 2 nitrogen and oxygen atoms in total. The van der Waals surface area contributed by atoms with Crippen LogP contribution >= 0.6 is 23.6 Å². The van der Waals surface area contributed by atoms with E-state index in [4.69, 9.17) is 12.2 Å². The van der Waals surface area contributed by atoms with Crippen LogP contribution in [0.15, 0.2) is 18.7 Å². The van der Waals surface area contributed by atoms with Gasteiger partial charge in [0.1, 0.15) is 5.78 Å². The summed E-state index contributed by atoms with van der Waals surface area (Å²) in [6.45, 7) is 7.19. The molecule has 0 aliphatic rings. The Morgan fingerprint density at radius 2 is 2.33 bits per heavy atom. The van der Waals surface area contributed by atoms with Gasteiger partial charge in [-0.3, -0.25) is 4.79 Å². The number of allylic oxidation sites excluding steroid dienone is 3. The first-order chi connectivity index (χ1) is 7.04. The smallest absolute Gasteiger partial charge is 0.159 e. The number of hydrogen-bond donors (Lipinski definition) is 1. The number of nitrogens with one attached hydrogen (secondary N) is 1. The predicted octanol–water partition coefficient (Wildman–Crippen LogP) is 3.66. The summed E-state index contributed by atoms with van der Waals surface area (Å²) in [4.78, 5) is 15.2. The van der Waals surface area contributed by atoms with Gasteiger partial charge in [-0.05, 0) is 31.6 Å². The number of aromatic nitrogens is 1. The summed E-state index contributed by atoms with van der Waals surface area (Å²) < 4.78 is 0.737. The maximum Gasteiger partial charge on any atom is 0.159 e. The molecule has 0 atom stereocenters. The third-order valence-electron chi connectivity index (χ3n) is 1.87. The first kappa shape index (κ1) is 12.1. The fourth-order valence-electron chi connectivity index (χ4n) is 1.34. The Morgan fingerprint density at radius 1 is 1.67 bits per heavy atom. The van der Waals surface area contributed by atoms with Gasteiger partial charge in [0.25, 0.3) is 0 Å². The minimum atomic E-state index is 0.141. The number of Topliss-reactive ketones (excluding diaryl/α,β-unsaturated/α-hetero) is 1. The molecule has 0 aromatic carbocycles. The molecule has 0 saturated carbocycles. The summed E-state index contributed by atoms with van der Waals surface area (Å²) >= 11 is 6.56. The van der Waals surface area contributed by atoms with Crippen LogP contribution in [-0.4, -0.2) is 10.8 Å². The highest BCUT2D eigenvalue weighted by Crippen LogP contribution is 2.26. The second-order valence-corrected chi connectivity index (χ2v) is 4.96.